The summed E-state index contributed by atoms with van der Waals surface area (Å²) in [6.07, 6.45) is -12.2. The van der Waals surface area contributed by atoms with Gasteiger partial charge in [0.15, 0.2) is 0 Å². The van der Waals surface area contributed by atoms with Gasteiger partial charge in [0.1, 0.15) is 0 Å². The van der Waals surface area contributed by atoms with Gasteiger partial charge in [-0.3, -0.25) is 25.0 Å². The Balaban J connectivity index is 2.37. The van der Waals surface area contributed by atoms with Gasteiger partial charge in [0, 0.05) is 23.4 Å². The van der Waals surface area contributed by atoms with Crippen molar-refractivity contribution in [2.75, 3.05) is 5.32 Å². The van der Waals surface area contributed by atoms with Gasteiger partial charge in [0.25, 0.3) is 22.9 Å². The minimum Gasteiger partial charge on any atom is -0.369 e. The molecule has 2 rings (SSSR count). The Kier molecular flexibility index (Phi) is 5.94. The number of nitrogens with one attached hydrogen (secondary N) is 1. The molecule has 0 aromatic heterocycles. The van der Waals surface area contributed by atoms with E-state index in [1.54, 1.807) is 0 Å². The summed E-state index contributed by atoms with van der Waals surface area (Å²) in [5.41, 5.74) is -9.24. The number of carbonyl (C=O) groups excluding carboxylic acids is 1. The van der Waals surface area contributed by atoms with Crippen LogP contribution in [0.4, 0.5) is 43.4 Å². The highest BCUT2D eigenvalue weighted by atomic mass is 19.4. The predicted octanol–water partition coefficient (Wildman–Crippen LogP) is 4.07. The Labute approximate surface area is 167 Å². The van der Waals surface area contributed by atoms with Crippen molar-refractivity contribution in [3.05, 3.63) is 73.8 Å². The molecular weight excluding hydrogens is 444 g/mol. The minimum atomic E-state index is -6.10. The number of aliphatic hydroxyl groups is 1. The van der Waals surface area contributed by atoms with Crippen LogP contribution in [-0.4, -0.2) is 33.2 Å². The maximum absolute atomic E-state index is 12.9. The van der Waals surface area contributed by atoms with E-state index in [-0.39, 0.29) is 17.8 Å². The second-order valence-electron chi connectivity index (χ2n) is 5.99. The van der Waals surface area contributed by atoms with Crippen LogP contribution in [0, 0.1) is 20.2 Å². The van der Waals surface area contributed by atoms with Gasteiger partial charge >= 0.3 is 12.4 Å². The molecule has 0 saturated heterocycles. The van der Waals surface area contributed by atoms with Gasteiger partial charge in [-0.05, 0) is 12.1 Å². The first-order chi connectivity index (χ1) is 14.1. The van der Waals surface area contributed by atoms with Crippen LogP contribution in [0.1, 0.15) is 15.9 Å². The molecule has 2 N–H and O–H groups in total. The third kappa shape index (κ3) is 4.55. The standard InChI is InChI=1S/C16H9F6N3O6/c17-15(18,19)14(27,16(20,21)22)9-1-3-10(4-2-9)23-13(26)8-5-11(24(28)29)7-12(6-8)25(30)31/h1-7,27H,(H,23,26). The quantitative estimate of drug-likeness (QED) is 0.398. The summed E-state index contributed by atoms with van der Waals surface area (Å²) >= 11 is 0. The van der Waals surface area contributed by atoms with E-state index >= 15 is 0 Å². The maximum atomic E-state index is 12.9. The van der Waals surface area contributed by atoms with Crippen LogP contribution in [0.15, 0.2) is 42.5 Å². The second kappa shape index (κ2) is 7.82. The first-order valence-corrected chi connectivity index (χ1v) is 7.79. The molecule has 0 fully saturated rings. The van der Waals surface area contributed by atoms with Crippen molar-refractivity contribution in [1.29, 1.82) is 0 Å². The molecule has 0 bridgehead atoms. The van der Waals surface area contributed by atoms with Crippen LogP contribution in [0.5, 0.6) is 0 Å². The van der Waals surface area contributed by atoms with Crippen LogP contribution < -0.4 is 5.32 Å². The zero-order valence-electron chi connectivity index (χ0n) is 14.7. The number of benzene rings is 2. The number of amides is 1. The van der Waals surface area contributed by atoms with Crippen LogP contribution in [0.25, 0.3) is 0 Å². The summed E-state index contributed by atoms with van der Waals surface area (Å²) in [7, 11) is 0. The summed E-state index contributed by atoms with van der Waals surface area (Å²) in [6.45, 7) is 0. The van der Waals surface area contributed by atoms with Gasteiger partial charge in [0.05, 0.1) is 21.5 Å². The number of halogens is 6. The molecule has 0 spiro atoms. The number of carbonyl (C=O) groups is 1. The largest absolute Gasteiger partial charge is 0.430 e. The number of non-ortho nitro benzene ring substituents is 2. The molecule has 0 radical (unpaired) electrons. The minimum absolute atomic E-state index is 0.270. The Morgan fingerprint density at radius 3 is 1.61 bits per heavy atom. The van der Waals surface area contributed by atoms with Gasteiger partial charge in [-0.2, -0.15) is 26.3 Å². The zero-order chi connectivity index (χ0) is 23.8. The average molecular weight is 453 g/mol. The van der Waals surface area contributed by atoms with Crippen molar-refractivity contribution >= 4 is 23.0 Å². The Hall–Kier alpha value is -3.75. The van der Waals surface area contributed by atoms with Crippen molar-refractivity contribution in [2.24, 2.45) is 0 Å². The molecule has 1 amide bonds. The molecule has 2 aromatic carbocycles. The van der Waals surface area contributed by atoms with E-state index in [1.807, 2.05) is 5.32 Å². The third-order valence-corrected chi connectivity index (χ3v) is 3.97. The van der Waals surface area contributed by atoms with Crippen LogP contribution >= 0.6 is 0 Å². The van der Waals surface area contributed by atoms with Crippen molar-refractivity contribution in [2.45, 2.75) is 18.0 Å². The Morgan fingerprint density at radius 1 is 0.839 bits per heavy atom. The number of nitro groups is 2. The number of hydrogen-bond donors (Lipinski definition) is 2. The lowest BCUT2D eigenvalue weighted by Crippen LogP contribution is -2.53. The lowest BCUT2D eigenvalue weighted by Gasteiger charge is -2.32. The molecule has 0 aliphatic carbocycles. The number of nitro benzene ring substituents is 2. The lowest BCUT2D eigenvalue weighted by molar-refractivity contribution is -0.394. The first kappa shape index (κ1) is 23.5. The third-order valence-electron chi connectivity index (χ3n) is 3.97. The molecule has 2 aromatic rings. The molecule has 0 heterocycles. The molecular formula is C16H9F6N3O6. The number of nitrogens with zero attached hydrogens (tertiary/aromatic N) is 2. The fraction of sp³-hybridized carbons (Fsp3) is 0.188. The summed E-state index contributed by atoms with van der Waals surface area (Å²) < 4.78 is 77.2. The molecule has 31 heavy (non-hydrogen) atoms. The number of hydrogen-bond acceptors (Lipinski definition) is 6. The van der Waals surface area contributed by atoms with E-state index in [1.165, 1.54) is 0 Å². The average Bonchev–Trinajstić information content (AvgIpc) is 2.65. The van der Waals surface area contributed by atoms with Crippen molar-refractivity contribution in [1.82, 2.24) is 0 Å². The topological polar surface area (TPSA) is 136 Å². The van der Waals surface area contributed by atoms with Gasteiger partial charge < -0.3 is 10.4 Å². The summed E-state index contributed by atoms with van der Waals surface area (Å²) in [5.74, 6) is -1.17. The highest BCUT2D eigenvalue weighted by molar-refractivity contribution is 6.05. The van der Waals surface area contributed by atoms with Crippen molar-refractivity contribution < 1.29 is 46.1 Å². The smallest absolute Gasteiger partial charge is 0.369 e. The van der Waals surface area contributed by atoms with E-state index in [0.717, 1.165) is 0 Å². The first-order valence-electron chi connectivity index (χ1n) is 7.79. The molecule has 166 valence electrons. The second-order valence-corrected chi connectivity index (χ2v) is 5.99. The molecule has 0 atom stereocenters. The highest BCUT2D eigenvalue weighted by Gasteiger charge is 2.71. The lowest BCUT2D eigenvalue weighted by atomic mass is 9.92. The van der Waals surface area contributed by atoms with E-state index in [0.29, 0.717) is 30.3 Å². The fourth-order valence-corrected chi connectivity index (χ4v) is 2.42. The van der Waals surface area contributed by atoms with Gasteiger partial charge in [-0.1, -0.05) is 12.1 Å². The summed E-state index contributed by atoms with van der Waals surface area (Å²) in [6, 6.07) is 3.72. The molecule has 0 aliphatic rings. The van der Waals surface area contributed by atoms with Gasteiger partial charge in [0.2, 0.25) is 0 Å². The van der Waals surface area contributed by atoms with Gasteiger partial charge in [-0.25, -0.2) is 0 Å². The zero-order valence-corrected chi connectivity index (χ0v) is 14.7. The van der Waals surface area contributed by atoms with Crippen molar-refractivity contribution in [3.63, 3.8) is 0 Å². The highest BCUT2D eigenvalue weighted by Crippen LogP contribution is 2.50. The van der Waals surface area contributed by atoms with E-state index in [9.17, 15) is 56.5 Å². The summed E-state index contributed by atoms with van der Waals surface area (Å²) in [5, 5.41) is 33.0. The van der Waals surface area contributed by atoms with E-state index in [2.05, 4.69) is 0 Å². The number of anilines is 1. The number of alkyl halides is 6. The molecule has 9 nitrogen and oxygen atoms in total. The van der Waals surface area contributed by atoms with Crippen molar-refractivity contribution in [3.8, 4) is 0 Å². The number of rotatable bonds is 5. The fourth-order valence-electron chi connectivity index (χ4n) is 2.42. The van der Waals surface area contributed by atoms with Crippen LogP contribution in [0.3, 0.4) is 0 Å². The van der Waals surface area contributed by atoms with Gasteiger partial charge in [-0.15, -0.1) is 0 Å². The normalized spacial score (nSPS) is 12.4. The Bertz CT molecular complexity index is 989. The predicted molar refractivity (Wildman–Crippen MR) is 90.2 cm³/mol. The monoisotopic (exact) mass is 453 g/mol. The SMILES string of the molecule is O=C(Nc1ccc(C(O)(C(F)(F)F)C(F)(F)F)cc1)c1cc([N+](=O)[O-])cc([N+](=O)[O-])c1. The van der Waals surface area contributed by atoms with Crippen LogP contribution in [0.2, 0.25) is 0 Å². The molecule has 0 saturated carbocycles. The molecule has 15 heteroatoms. The van der Waals surface area contributed by atoms with E-state index < -0.39 is 56.2 Å². The Morgan fingerprint density at radius 2 is 1.26 bits per heavy atom. The van der Waals surface area contributed by atoms with E-state index in [4.69, 9.17) is 0 Å². The summed E-state index contributed by atoms with van der Waals surface area (Å²) in [4.78, 5) is 31.9. The molecule has 0 unspecified atom stereocenters. The molecule has 0 aliphatic heterocycles. The van der Waals surface area contributed by atoms with Crippen LogP contribution in [-0.2, 0) is 5.60 Å². The maximum Gasteiger partial charge on any atom is 0.430 e.